The molecule has 1 saturated carbocycles. The van der Waals surface area contributed by atoms with Crippen LogP contribution < -0.4 is 5.73 Å². The Bertz CT molecular complexity index is 467. The summed E-state index contributed by atoms with van der Waals surface area (Å²) in [5, 5.41) is 0. The molecule has 2 rings (SSSR count). The van der Waals surface area contributed by atoms with Gasteiger partial charge in [0.25, 0.3) is 0 Å². The van der Waals surface area contributed by atoms with E-state index in [-0.39, 0.29) is 5.97 Å². The minimum absolute atomic E-state index is 0.133. The fraction of sp³-hybridized carbons (Fsp3) is 0.562. The van der Waals surface area contributed by atoms with Gasteiger partial charge in [0.15, 0.2) is 0 Å². The van der Waals surface area contributed by atoms with Crippen LogP contribution in [-0.2, 0) is 16.1 Å². The van der Waals surface area contributed by atoms with E-state index >= 15 is 0 Å². The van der Waals surface area contributed by atoms with Crippen LogP contribution in [0.2, 0.25) is 0 Å². The van der Waals surface area contributed by atoms with Gasteiger partial charge < -0.3 is 10.5 Å². The van der Waals surface area contributed by atoms with Crippen molar-refractivity contribution in [3.63, 3.8) is 0 Å². The van der Waals surface area contributed by atoms with Crippen LogP contribution in [0.15, 0.2) is 28.7 Å². The van der Waals surface area contributed by atoms with Crippen LogP contribution >= 0.6 is 15.9 Å². The fourth-order valence-electron chi connectivity index (χ4n) is 2.74. The zero-order valence-electron chi connectivity index (χ0n) is 11.9. The zero-order chi connectivity index (χ0) is 14.6. The van der Waals surface area contributed by atoms with Crippen LogP contribution in [0.3, 0.4) is 0 Å². The number of esters is 1. The third-order valence-electron chi connectivity index (χ3n) is 4.31. The number of halogens is 1. The van der Waals surface area contributed by atoms with Gasteiger partial charge >= 0.3 is 5.97 Å². The molecule has 1 aromatic rings. The number of carbonyl (C=O) groups is 1. The van der Waals surface area contributed by atoms with Crippen molar-refractivity contribution in [3.8, 4) is 0 Å². The highest BCUT2D eigenvalue weighted by atomic mass is 79.9. The molecule has 1 aliphatic rings. The Morgan fingerprint density at radius 3 is 2.75 bits per heavy atom. The predicted molar refractivity (Wildman–Crippen MR) is 83.1 cm³/mol. The maximum atomic E-state index is 12.4. The molecule has 0 radical (unpaired) electrons. The summed E-state index contributed by atoms with van der Waals surface area (Å²) in [5.74, 6) is 0.555. The average molecular weight is 340 g/mol. The molecule has 0 aliphatic heterocycles. The largest absolute Gasteiger partial charge is 0.460 e. The Kier molecular flexibility index (Phi) is 5.22. The first kappa shape index (κ1) is 15.5. The fourth-order valence-corrected chi connectivity index (χ4v) is 3.18. The van der Waals surface area contributed by atoms with Gasteiger partial charge in [-0.2, -0.15) is 0 Å². The van der Waals surface area contributed by atoms with E-state index in [9.17, 15) is 4.79 Å². The second-order valence-electron chi connectivity index (χ2n) is 5.87. The van der Waals surface area contributed by atoms with Gasteiger partial charge in [-0.25, -0.2) is 0 Å². The van der Waals surface area contributed by atoms with E-state index in [0.29, 0.717) is 19.1 Å². The summed E-state index contributed by atoms with van der Waals surface area (Å²) < 4.78 is 6.50. The summed E-state index contributed by atoms with van der Waals surface area (Å²) in [6.45, 7) is 2.93. The molecule has 4 heteroatoms. The number of nitrogens with two attached hydrogens (primary N) is 1. The van der Waals surface area contributed by atoms with Crippen molar-refractivity contribution in [1.82, 2.24) is 0 Å². The number of rotatable bonds is 4. The maximum absolute atomic E-state index is 12.4. The highest BCUT2D eigenvalue weighted by Crippen LogP contribution is 2.39. The minimum Gasteiger partial charge on any atom is -0.460 e. The number of benzene rings is 1. The van der Waals surface area contributed by atoms with Gasteiger partial charge in [0, 0.05) is 11.0 Å². The normalized spacial score (nSPS) is 26.2. The first-order valence-electron chi connectivity index (χ1n) is 7.17. The summed E-state index contributed by atoms with van der Waals surface area (Å²) in [6.07, 6.45) is 3.82. The second-order valence-corrected chi connectivity index (χ2v) is 6.79. The van der Waals surface area contributed by atoms with Gasteiger partial charge in [-0.05, 0) is 49.3 Å². The predicted octanol–water partition coefficient (Wildman–Crippen LogP) is 3.65. The smallest absolute Gasteiger partial charge is 0.313 e. The molecule has 0 bridgehead atoms. The standard InChI is InChI=1S/C16H22BrNO2/c1-12-5-7-16(11-18,8-6-12)15(19)20-10-13-3-2-4-14(17)9-13/h2-4,9,12H,5-8,10-11,18H2,1H3. The van der Waals surface area contributed by atoms with E-state index < -0.39 is 5.41 Å². The van der Waals surface area contributed by atoms with E-state index in [4.69, 9.17) is 10.5 Å². The second kappa shape index (κ2) is 6.72. The van der Waals surface area contributed by atoms with Crippen molar-refractivity contribution in [1.29, 1.82) is 0 Å². The van der Waals surface area contributed by atoms with E-state index in [1.165, 1.54) is 0 Å². The lowest BCUT2D eigenvalue weighted by Crippen LogP contribution is -2.42. The summed E-state index contributed by atoms with van der Waals surface area (Å²) in [4.78, 5) is 12.4. The molecule has 0 atom stereocenters. The molecule has 1 fully saturated rings. The summed E-state index contributed by atoms with van der Waals surface area (Å²) in [6, 6.07) is 7.81. The lowest BCUT2D eigenvalue weighted by atomic mass is 9.71. The molecular weight excluding hydrogens is 318 g/mol. The van der Waals surface area contributed by atoms with Crippen LogP contribution in [0.1, 0.15) is 38.2 Å². The van der Waals surface area contributed by atoms with E-state index in [1.54, 1.807) is 0 Å². The molecule has 0 amide bonds. The van der Waals surface area contributed by atoms with Gasteiger partial charge in [0.2, 0.25) is 0 Å². The summed E-state index contributed by atoms with van der Waals surface area (Å²) in [5.41, 5.74) is 6.40. The lowest BCUT2D eigenvalue weighted by molar-refractivity contribution is -0.159. The molecule has 3 nitrogen and oxygen atoms in total. The van der Waals surface area contributed by atoms with Gasteiger partial charge in [-0.3, -0.25) is 4.79 Å². The van der Waals surface area contributed by atoms with E-state index in [1.807, 2.05) is 24.3 Å². The van der Waals surface area contributed by atoms with Crippen molar-refractivity contribution in [2.24, 2.45) is 17.1 Å². The maximum Gasteiger partial charge on any atom is 0.313 e. The van der Waals surface area contributed by atoms with Crippen LogP contribution in [0.4, 0.5) is 0 Å². The highest BCUT2D eigenvalue weighted by Gasteiger charge is 2.41. The van der Waals surface area contributed by atoms with Gasteiger partial charge in [0.05, 0.1) is 5.41 Å². The number of hydrogen-bond donors (Lipinski definition) is 1. The Hall–Kier alpha value is -0.870. The molecule has 0 heterocycles. The molecule has 0 saturated heterocycles. The Morgan fingerprint density at radius 2 is 2.15 bits per heavy atom. The molecule has 0 spiro atoms. The molecule has 1 aliphatic carbocycles. The number of hydrogen-bond acceptors (Lipinski definition) is 3. The summed E-state index contributed by atoms with van der Waals surface area (Å²) >= 11 is 3.42. The average Bonchev–Trinajstić information content (AvgIpc) is 2.46. The van der Waals surface area contributed by atoms with Crippen molar-refractivity contribution >= 4 is 21.9 Å². The first-order chi connectivity index (χ1) is 9.55. The molecule has 0 unspecified atom stereocenters. The number of carbonyl (C=O) groups excluding carboxylic acids is 1. The summed E-state index contributed by atoms with van der Waals surface area (Å²) in [7, 11) is 0. The molecule has 2 N–H and O–H groups in total. The van der Waals surface area contributed by atoms with Crippen LogP contribution in [0.25, 0.3) is 0 Å². The highest BCUT2D eigenvalue weighted by molar-refractivity contribution is 9.10. The zero-order valence-corrected chi connectivity index (χ0v) is 13.5. The van der Waals surface area contributed by atoms with Gasteiger partial charge in [0.1, 0.15) is 6.61 Å². The number of ether oxygens (including phenoxy) is 1. The first-order valence-corrected chi connectivity index (χ1v) is 7.97. The van der Waals surface area contributed by atoms with Gasteiger partial charge in [-0.1, -0.05) is 35.0 Å². The Labute approximate surface area is 129 Å². The Balaban J connectivity index is 1.96. The van der Waals surface area contributed by atoms with Crippen molar-refractivity contribution in [2.45, 2.75) is 39.2 Å². The van der Waals surface area contributed by atoms with E-state index in [2.05, 4.69) is 22.9 Å². The van der Waals surface area contributed by atoms with Crippen molar-refractivity contribution in [2.75, 3.05) is 6.54 Å². The molecule has 0 aromatic heterocycles. The van der Waals surface area contributed by atoms with E-state index in [0.717, 1.165) is 35.7 Å². The molecular formula is C16H22BrNO2. The SMILES string of the molecule is CC1CCC(CN)(C(=O)OCc2cccc(Br)c2)CC1. The molecule has 110 valence electrons. The monoisotopic (exact) mass is 339 g/mol. The minimum atomic E-state index is -0.460. The van der Waals surface area contributed by atoms with Crippen LogP contribution in [0, 0.1) is 11.3 Å². The lowest BCUT2D eigenvalue weighted by Gasteiger charge is -2.36. The molecule has 20 heavy (non-hydrogen) atoms. The van der Waals surface area contributed by atoms with Crippen molar-refractivity contribution < 1.29 is 9.53 Å². The Morgan fingerprint density at radius 1 is 1.45 bits per heavy atom. The topological polar surface area (TPSA) is 52.3 Å². The van der Waals surface area contributed by atoms with Crippen LogP contribution in [-0.4, -0.2) is 12.5 Å². The third kappa shape index (κ3) is 3.61. The van der Waals surface area contributed by atoms with Crippen LogP contribution in [0.5, 0.6) is 0 Å². The quantitative estimate of drug-likeness (QED) is 0.852. The van der Waals surface area contributed by atoms with Gasteiger partial charge in [-0.15, -0.1) is 0 Å². The van der Waals surface area contributed by atoms with Crippen molar-refractivity contribution in [3.05, 3.63) is 34.3 Å². The molecule has 1 aromatic carbocycles. The third-order valence-corrected chi connectivity index (χ3v) is 4.81.